The molecule has 0 aliphatic rings. The molecule has 8 aromatic carbocycles. The van der Waals surface area contributed by atoms with E-state index in [0.29, 0.717) is 17.5 Å². The average molecular weight is 652 g/mol. The maximum atomic E-state index is 6.85. The normalized spacial score (nSPS) is 11.5. The molecule has 0 radical (unpaired) electrons. The second-order valence-corrected chi connectivity index (χ2v) is 12.8. The molecule has 10 rings (SSSR count). The Kier molecular flexibility index (Phi) is 6.78. The summed E-state index contributed by atoms with van der Waals surface area (Å²) >= 11 is 0. The summed E-state index contributed by atoms with van der Waals surface area (Å²) in [5, 5.41) is 6.72. The predicted molar refractivity (Wildman–Crippen MR) is 209 cm³/mol. The molecule has 0 unspecified atom stereocenters. The lowest BCUT2D eigenvalue weighted by Crippen LogP contribution is -2.00. The van der Waals surface area contributed by atoms with Gasteiger partial charge in [-0.05, 0) is 56.6 Å². The molecule has 0 fully saturated rings. The van der Waals surface area contributed by atoms with E-state index in [4.69, 9.17) is 19.4 Å². The lowest BCUT2D eigenvalue weighted by atomic mass is 9.89. The van der Waals surface area contributed by atoms with Crippen molar-refractivity contribution in [2.75, 3.05) is 0 Å². The van der Waals surface area contributed by atoms with Crippen molar-refractivity contribution in [1.29, 1.82) is 0 Å². The molecule has 0 amide bonds. The summed E-state index contributed by atoms with van der Waals surface area (Å²) in [6, 6.07) is 61.0. The number of benzene rings is 8. The van der Waals surface area contributed by atoms with Gasteiger partial charge in [0.25, 0.3) is 0 Å². The molecule has 0 N–H and O–H groups in total. The van der Waals surface area contributed by atoms with Crippen LogP contribution in [0.4, 0.5) is 0 Å². The third-order valence-corrected chi connectivity index (χ3v) is 9.72. The number of hydrogen-bond donors (Lipinski definition) is 0. The van der Waals surface area contributed by atoms with Crippen LogP contribution in [0.15, 0.2) is 180 Å². The summed E-state index contributed by atoms with van der Waals surface area (Å²) in [5.41, 5.74) is 8.94. The van der Waals surface area contributed by atoms with Crippen LogP contribution in [0.1, 0.15) is 0 Å². The average Bonchev–Trinajstić information content (AvgIpc) is 3.60. The molecule has 0 saturated heterocycles. The maximum Gasteiger partial charge on any atom is 0.164 e. The van der Waals surface area contributed by atoms with Crippen LogP contribution in [0, 0.1) is 0 Å². The van der Waals surface area contributed by atoms with Gasteiger partial charge in [0.1, 0.15) is 11.2 Å². The third kappa shape index (κ3) is 4.96. The topological polar surface area (TPSA) is 51.8 Å². The first-order chi connectivity index (χ1) is 25.3. The van der Waals surface area contributed by atoms with E-state index < -0.39 is 0 Å². The summed E-state index contributed by atoms with van der Waals surface area (Å²) < 4.78 is 6.85. The van der Waals surface area contributed by atoms with Crippen molar-refractivity contribution in [1.82, 2.24) is 15.0 Å². The zero-order chi connectivity index (χ0) is 33.7. The molecule has 10 aromatic rings. The molecule has 2 heterocycles. The zero-order valence-corrected chi connectivity index (χ0v) is 27.5. The van der Waals surface area contributed by atoms with Crippen molar-refractivity contribution >= 4 is 43.5 Å². The van der Waals surface area contributed by atoms with Crippen molar-refractivity contribution in [2.24, 2.45) is 0 Å². The Hall–Kier alpha value is -6.91. The van der Waals surface area contributed by atoms with Gasteiger partial charge in [-0.15, -0.1) is 0 Å². The number of fused-ring (bicyclic) bond motifs is 6. The van der Waals surface area contributed by atoms with E-state index in [1.807, 2.05) is 60.7 Å². The lowest BCUT2D eigenvalue weighted by Gasteiger charge is -2.14. The highest BCUT2D eigenvalue weighted by atomic mass is 16.3. The Morgan fingerprint density at radius 1 is 0.333 bits per heavy atom. The molecule has 4 heteroatoms. The number of nitrogens with zero attached hydrogens (tertiary/aromatic N) is 3. The van der Waals surface area contributed by atoms with Gasteiger partial charge in [-0.1, -0.05) is 158 Å². The van der Waals surface area contributed by atoms with Crippen LogP contribution in [0.25, 0.3) is 99.9 Å². The van der Waals surface area contributed by atoms with Gasteiger partial charge in [0, 0.05) is 32.8 Å². The lowest BCUT2D eigenvalue weighted by molar-refractivity contribution is 0.673. The fourth-order valence-corrected chi connectivity index (χ4v) is 7.32. The molecule has 0 spiro atoms. The summed E-state index contributed by atoms with van der Waals surface area (Å²) in [6.07, 6.45) is 0. The summed E-state index contributed by atoms with van der Waals surface area (Å²) in [6.45, 7) is 0. The molecule has 0 aliphatic heterocycles. The number of rotatable bonds is 5. The monoisotopic (exact) mass is 651 g/mol. The van der Waals surface area contributed by atoms with E-state index in [1.165, 1.54) is 16.5 Å². The van der Waals surface area contributed by atoms with Gasteiger partial charge in [-0.2, -0.15) is 0 Å². The second-order valence-electron chi connectivity index (χ2n) is 12.8. The van der Waals surface area contributed by atoms with Crippen LogP contribution < -0.4 is 0 Å². The summed E-state index contributed by atoms with van der Waals surface area (Å²) in [5.74, 6) is 1.82. The Balaban J connectivity index is 1.29. The van der Waals surface area contributed by atoms with Gasteiger partial charge in [0.2, 0.25) is 0 Å². The Labute approximate surface area is 294 Å². The second kappa shape index (κ2) is 11.9. The molecule has 0 atom stereocenters. The minimum Gasteiger partial charge on any atom is -0.455 e. The minimum absolute atomic E-state index is 0.585. The van der Waals surface area contributed by atoms with E-state index in [-0.39, 0.29) is 0 Å². The number of hydrogen-bond acceptors (Lipinski definition) is 4. The Morgan fingerprint density at radius 3 is 1.49 bits per heavy atom. The fourth-order valence-electron chi connectivity index (χ4n) is 7.32. The van der Waals surface area contributed by atoms with Gasteiger partial charge < -0.3 is 4.42 Å². The van der Waals surface area contributed by atoms with Gasteiger partial charge in [-0.25, -0.2) is 15.0 Å². The molecule has 51 heavy (non-hydrogen) atoms. The van der Waals surface area contributed by atoms with E-state index in [0.717, 1.165) is 65.9 Å². The van der Waals surface area contributed by atoms with Crippen LogP contribution >= 0.6 is 0 Å². The van der Waals surface area contributed by atoms with E-state index >= 15 is 0 Å². The van der Waals surface area contributed by atoms with Crippen molar-refractivity contribution in [2.45, 2.75) is 0 Å². The first kappa shape index (κ1) is 29.0. The highest BCUT2D eigenvalue weighted by Crippen LogP contribution is 2.45. The molecular weight excluding hydrogens is 623 g/mol. The summed E-state index contributed by atoms with van der Waals surface area (Å²) in [7, 11) is 0. The first-order valence-electron chi connectivity index (χ1n) is 17.1. The quantitative estimate of drug-likeness (QED) is 0.186. The van der Waals surface area contributed by atoms with Crippen molar-refractivity contribution in [3.63, 3.8) is 0 Å². The van der Waals surface area contributed by atoms with Gasteiger partial charge in [-0.3, -0.25) is 0 Å². The molecule has 238 valence electrons. The maximum absolute atomic E-state index is 6.85. The van der Waals surface area contributed by atoms with Crippen molar-refractivity contribution in [3.8, 4) is 56.4 Å². The number of aromatic nitrogens is 3. The van der Waals surface area contributed by atoms with Crippen molar-refractivity contribution in [3.05, 3.63) is 176 Å². The first-order valence-corrected chi connectivity index (χ1v) is 17.1. The predicted octanol–water partition coefficient (Wildman–Crippen LogP) is 12.4. The largest absolute Gasteiger partial charge is 0.455 e. The SMILES string of the molecule is c1ccc(-c2nc(-c3ccccc3)nc(-c3cc(-c4ccc(-c5ccccc5)c5ccccc45)c4c(c3)oc3c5ccccc5ccc34)n2)cc1. The molecule has 2 aromatic heterocycles. The van der Waals surface area contributed by atoms with Gasteiger partial charge in [0.05, 0.1) is 0 Å². The van der Waals surface area contributed by atoms with Gasteiger partial charge >= 0.3 is 0 Å². The van der Waals surface area contributed by atoms with E-state index in [1.54, 1.807) is 0 Å². The summed E-state index contributed by atoms with van der Waals surface area (Å²) in [4.78, 5) is 15.1. The van der Waals surface area contributed by atoms with Crippen LogP contribution in [-0.4, -0.2) is 15.0 Å². The minimum atomic E-state index is 0.585. The number of furan rings is 1. The molecule has 4 nitrogen and oxygen atoms in total. The molecule has 0 bridgehead atoms. The zero-order valence-electron chi connectivity index (χ0n) is 27.5. The highest BCUT2D eigenvalue weighted by molar-refractivity contribution is 6.21. The smallest absolute Gasteiger partial charge is 0.164 e. The highest BCUT2D eigenvalue weighted by Gasteiger charge is 2.21. The van der Waals surface area contributed by atoms with Gasteiger partial charge in [0.15, 0.2) is 17.5 Å². The standard InChI is InChI=1S/C47H29N3O/c1-4-14-30(15-5-1)35-26-27-39(38-23-13-12-22-37(35)38)41-28-34(29-42-43(41)40-25-24-31-16-10-11-21-36(31)44(40)51-42)47-49-45(32-17-6-2-7-18-32)48-46(50-47)33-19-8-3-9-20-33/h1-29H. The fraction of sp³-hybridized carbons (Fsp3) is 0. The third-order valence-electron chi connectivity index (χ3n) is 9.72. The Bertz CT molecular complexity index is 2840. The van der Waals surface area contributed by atoms with E-state index in [2.05, 4.69) is 115 Å². The van der Waals surface area contributed by atoms with Crippen LogP contribution in [-0.2, 0) is 0 Å². The molecule has 0 saturated carbocycles. The van der Waals surface area contributed by atoms with E-state index in [9.17, 15) is 0 Å². The molecule has 0 aliphatic carbocycles. The van der Waals surface area contributed by atoms with Crippen molar-refractivity contribution < 1.29 is 4.42 Å². The van der Waals surface area contributed by atoms with Crippen LogP contribution in [0.2, 0.25) is 0 Å². The van der Waals surface area contributed by atoms with Crippen LogP contribution in [0.5, 0.6) is 0 Å². The molecular formula is C47H29N3O. The Morgan fingerprint density at radius 2 is 0.843 bits per heavy atom. The van der Waals surface area contributed by atoms with Crippen LogP contribution in [0.3, 0.4) is 0 Å².